The van der Waals surface area contributed by atoms with E-state index in [0.29, 0.717) is 12.8 Å². The summed E-state index contributed by atoms with van der Waals surface area (Å²) in [7, 11) is 2.12. The molecule has 1 aliphatic rings. The highest BCUT2D eigenvalue weighted by Gasteiger charge is 2.17. The van der Waals surface area contributed by atoms with E-state index >= 15 is 0 Å². The molecule has 2 aromatic heterocycles. The zero-order valence-electron chi connectivity index (χ0n) is 12.5. The molecule has 3 rings (SSSR count). The highest BCUT2D eigenvalue weighted by atomic mass is 16.2. The summed E-state index contributed by atoms with van der Waals surface area (Å²) in [6.07, 6.45) is 6.33. The molecule has 0 N–H and O–H groups in total. The number of rotatable bonds is 3. The first kappa shape index (κ1) is 14.1. The van der Waals surface area contributed by atoms with Crippen LogP contribution in [-0.4, -0.2) is 58.3 Å². The molecule has 0 unspecified atom stereocenters. The molecule has 0 atom stereocenters. The summed E-state index contributed by atoms with van der Waals surface area (Å²) in [5, 5.41) is 0. The molecule has 3 heterocycles. The molecule has 0 aromatic carbocycles. The monoisotopic (exact) mass is 286 g/mol. The maximum Gasteiger partial charge on any atom is 0.223 e. The van der Waals surface area contributed by atoms with Crippen molar-refractivity contribution < 1.29 is 4.79 Å². The Balaban J connectivity index is 1.57. The molecule has 5 heteroatoms. The van der Waals surface area contributed by atoms with Gasteiger partial charge in [0.15, 0.2) is 0 Å². The van der Waals surface area contributed by atoms with Gasteiger partial charge in [-0.05, 0) is 38.6 Å². The lowest BCUT2D eigenvalue weighted by molar-refractivity contribution is -0.131. The topological polar surface area (TPSA) is 40.9 Å². The van der Waals surface area contributed by atoms with Crippen molar-refractivity contribution in [2.75, 3.05) is 33.2 Å². The van der Waals surface area contributed by atoms with E-state index in [9.17, 15) is 4.79 Å². The van der Waals surface area contributed by atoms with Gasteiger partial charge in [0, 0.05) is 38.4 Å². The Morgan fingerprint density at radius 2 is 2.14 bits per heavy atom. The first-order chi connectivity index (χ1) is 10.2. The smallest absolute Gasteiger partial charge is 0.223 e. The van der Waals surface area contributed by atoms with Crippen LogP contribution in [-0.2, 0) is 11.2 Å². The minimum Gasteiger partial charge on any atom is -0.341 e. The number of hydrogen-bond donors (Lipinski definition) is 0. The van der Waals surface area contributed by atoms with Gasteiger partial charge < -0.3 is 14.2 Å². The molecule has 112 valence electrons. The van der Waals surface area contributed by atoms with Crippen molar-refractivity contribution in [2.24, 2.45) is 0 Å². The average Bonchev–Trinajstić information content (AvgIpc) is 2.78. The zero-order chi connectivity index (χ0) is 14.7. The van der Waals surface area contributed by atoms with Crippen LogP contribution in [0.3, 0.4) is 0 Å². The highest BCUT2D eigenvalue weighted by molar-refractivity contribution is 5.76. The van der Waals surface area contributed by atoms with Gasteiger partial charge >= 0.3 is 0 Å². The molecule has 2 aromatic rings. The first-order valence-electron chi connectivity index (χ1n) is 7.61. The van der Waals surface area contributed by atoms with Crippen LogP contribution >= 0.6 is 0 Å². The molecule has 0 bridgehead atoms. The molecular formula is C16H22N4O. The molecule has 1 fully saturated rings. The van der Waals surface area contributed by atoms with Crippen LogP contribution in [0.2, 0.25) is 0 Å². The maximum atomic E-state index is 12.3. The lowest BCUT2D eigenvalue weighted by atomic mass is 10.2. The summed E-state index contributed by atoms with van der Waals surface area (Å²) in [4.78, 5) is 21.1. The number of aromatic nitrogens is 2. The van der Waals surface area contributed by atoms with Gasteiger partial charge in [-0.2, -0.15) is 0 Å². The average molecular weight is 286 g/mol. The van der Waals surface area contributed by atoms with Crippen LogP contribution in [0.1, 0.15) is 18.5 Å². The third-order valence-corrected chi connectivity index (χ3v) is 4.08. The van der Waals surface area contributed by atoms with Gasteiger partial charge in [-0.1, -0.05) is 6.07 Å². The van der Waals surface area contributed by atoms with Gasteiger partial charge in [0.1, 0.15) is 5.65 Å². The molecule has 1 aliphatic heterocycles. The van der Waals surface area contributed by atoms with E-state index in [1.807, 2.05) is 39.9 Å². The van der Waals surface area contributed by atoms with Crippen LogP contribution in [0, 0.1) is 0 Å². The van der Waals surface area contributed by atoms with Gasteiger partial charge in [-0.25, -0.2) is 4.98 Å². The largest absolute Gasteiger partial charge is 0.341 e. The van der Waals surface area contributed by atoms with E-state index in [2.05, 4.69) is 16.9 Å². The Bertz CT molecular complexity index is 589. The second-order valence-electron chi connectivity index (χ2n) is 5.74. The quantitative estimate of drug-likeness (QED) is 0.857. The summed E-state index contributed by atoms with van der Waals surface area (Å²) >= 11 is 0. The fraction of sp³-hybridized carbons (Fsp3) is 0.500. The van der Waals surface area contributed by atoms with E-state index < -0.39 is 0 Å². The summed E-state index contributed by atoms with van der Waals surface area (Å²) in [6.45, 7) is 3.78. The molecular weight excluding hydrogens is 264 g/mol. The van der Waals surface area contributed by atoms with E-state index in [1.54, 1.807) is 0 Å². The van der Waals surface area contributed by atoms with E-state index in [1.165, 1.54) is 0 Å². The summed E-state index contributed by atoms with van der Waals surface area (Å²) < 4.78 is 2.00. The standard InChI is InChI=1S/C16H22N4O/c1-18-8-4-10-19(12-11-18)16(21)7-6-14-13-20-9-3-2-5-15(20)17-14/h2-3,5,9,13H,4,6-8,10-12H2,1H3. The first-order valence-corrected chi connectivity index (χ1v) is 7.61. The molecule has 0 aliphatic carbocycles. The Labute approximate surface area is 125 Å². The Morgan fingerprint density at radius 1 is 1.24 bits per heavy atom. The second kappa shape index (κ2) is 6.26. The van der Waals surface area contributed by atoms with Crippen molar-refractivity contribution in [3.63, 3.8) is 0 Å². The SMILES string of the molecule is CN1CCCN(C(=O)CCc2cn3ccccc3n2)CC1. The zero-order valence-corrected chi connectivity index (χ0v) is 12.5. The summed E-state index contributed by atoms with van der Waals surface area (Å²) in [6, 6.07) is 5.94. The van der Waals surface area contributed by atoms with Gasteiger partial charge in [0.25, 0.3) is 0 Å². The normalized spacial score (nSPS) is 17.1. The molecule has 1 amide bonds. The number of likely N-dealkylation sites (N-methyl/N-ethyl adjacent to an activating group) is 1. The van der Waals surface area contributed by atoms with Gasteiger partial charge in [0.05, 0.1) is 5.69 Å². The second-order valence-corrected chi connectivity index (χ2v) is 5.74. The molecule has 0 spiro atoms. The predicted octanol–water partition coefficient (Wildman–Crippen LogP) is 1.43. The Morgan fingerprint density at radius 3 is 3.00 bits per heavy atom. The Hall–Kier alpha value is -1.88. The third kappa shape index (κ3) is 3.42. The van der Waals surface area contributed by atoms with Crippen molar-refractivity contribution in [2.45, 2.75) is 19.3 Å². The predicted molar refractivity (Wildman–Crippen MR) is 82.2 cm³/mol. The molecule has 1 saturated heterocycles. The number of hydrogen-bond acceptors (Lipinski definition) is 3. The van der Waals surface area contributed by atoms with Crippen molar-refractivity contribution in [1.82, 2.24) is 19.2 Å². The number of pyridine rings is 1. The van der Waals surface area contributed by atoms with Crippen LogP contribution in [0.4, 0.5) is 0 Å². The minimum atomic E-state index is 0.252. The van der Waals surface area contributed by atoms with E-state index in [-0.39, 0.29) is 5.91 Å². The van der Waals surface area contributed by atoms with Crippen molar-refractivity contribution in [3.05, 3.63) is 36.3 Å². The van der Waals surface area contributed by atoms with Gasteiger partial charge in [0.2, 0.25) is 5.91 Å². The molecule has 0 radical (unpaired) electrons. The lowest BCUT2D eigenvalue weighted by Crippen LogP contribution is -2.34. The van der Waals surface area contributed by atoms with Crippen LogP contribution in [0.25, 0.3) is 5.65 Å². The van der Waals surface area contributed by atoms with Crippen LogP contribution in [0.5, 0.6) is 0 Å². The number of imidazole rings is 1. The third-order valence-electron chi connectivity index (χ3n) is 4.08. The number of aryl methyl sites for hydroxylation is 1. The van der Waals surface area contributed by atoms with Gasteiger partial charge in [-0.3, -0.25) is 4.79 Å². The number of nitrogens with zero attached hydrogens (tertiary/aromatic N) is 4. The fourth-order valence-corrected chi connectivity index (χ4v) is 2.80. The maximum absolute atomic E-state index is 12.3. The Kier molecular flexibility index (Phi) is 4.20. The molecule has 0 saturated carbocycles. The lowest BCUT2D eigenvalue weighted by Gasteiger charge is -2.20. The van der Waals surface area contributed by atoms with Crippen molar-refractivity contribution >= 4 is 11.6 Å². The summed E-state index contributed by atoms with van der Waals surface area (Å²) in [5.74, 6) is 0.252. The number of carbonyl (C=O) groups excluding carboxylic acids is 1. The molecule has 5 nitrogen and oxygen atoms in total. The van der Waals surface area contributed by atoms with Crippen molar-refractivity contribution in [1.29, 1.82) is 0 Å². The highest BCUT2D eigenvalue weighted by Crippen LogP contribution is 2.09. The minimum absolute atomic E-state index is 0.252. The van der Waals surface area contributed by atoms with Crippen LogP contribution in [0.15, 0.2) is 30.6 Å². The number of carbonyl (C=O) groups is 1. The fourth-order valence-electron chi connectivity index (χ4n) is 2.80. The summed E-state index contributed by atoms with van der Waals surface area (Å²) in [5.41, 5.74) is 1.93. The van der Waals surface area contributed by atoms with Crippen molar-refractivity contribution in [3.8, 4) is 0 Å². The van der Waals surface area contributed by atoms with Crippen LogP contribution < -0.4 is 0 Å². The van der Waals surface area contributed by atoms with E-state index in [0.717, 1.165) is 43.9 Å². The van der Waals surface area contributed by atoms with E-state index in [4.69, 9.17) is 0 Å². The number of fused-ring (bicyclic) bond motifs is 1. The number of amides is 1. The van der Waals surface area contributed by atoms with Gasteiger partial charge in [-0.15, -0.1) is 0 Å². The molecule has 21 heavy (non-hydrogen) atoms.